The van der Waals surface area contributed by atoms with Gasteiger partial charge in [-0.05, 0) is 14.1 Å². The summed E-state index contributed by atoms with van der Waals surface area (Å²) in [6.45, 7) is 2.04. The lowest BCUT2D eigenvalue weighted by Gasteiger charge is -2.40. The van der Waals surface area contributed by atoms with Crippen LogP contribution in [0.5, 0.6) is 0 Å². The number of hydrogen-bond donors (Lipinski definition) is 2. The third-order valence-corrected chi connectivity index (χ3v) is 4.48. The summed E-state index contributed by atoms with van der Waals surface area (Å²) < 4.78 is 12.8. The third-order valence-electron chi connectivity index (χ3n) is 2.00. The predicted molar refractivity (Wildman–Crippen MR) is 46.5 cm³/mol. The zero-order valence-electron chi connectivity index (χ0n) is 6.63. The first-order chi connectivity index (χ1) is 4.66. The van der Waals surface area contributed by atoms with Crippen LogP contribution < -0.4 is 4.72 Å². The molecule has 10 heavy (non-hydrogen) atoms. The Bertz CT molecular complexity index is 112. The summed E-state index contributed by atoms with van der Waals surface area (Å²) in [6.07, 6.45) is 0. The molecule has 1 heterocycles. The molecule has 0 unspecified atom stereocenters. The van der Waals surface area contributed by atoms with Crippen LogP contribution in [0.1, 0.15) is 0 Å². The molecular weight excluding hydrogens is 148 g/mol. The Kier molecular flexibility index (Phi) is 2.57. The van der Waals surface area contributed by atoms with Gasteiger partial charge in [0.05, 0.1) is 0 Å². The summed E-state index contributed by atoms with van der Waals surface area (Å²) in [5, 5.41) is 0. The standard InChI is InChI=1S/C6H16N2OS/c1-7-10(9)5-3-8(2)4-6-10/h7,9H,3-6H2,1-2H3. The average molecular weight is 164 g/mol. The Balaban J connectivity index is 2.38. The molecule has 0 spiro atoms. The smallest absolute Gasteiger partial charge is 0.0241 e. The van der Waals surface area contributed by atoms with Gasteiger partial charge in [-0.25, -0.2) is 0 Å². The lowest BCUT2D eigenvalue weighted by molar-refractivity contribution is 0.358. The molecule has 1 rings (SSSR count). The van der Waals surface area contributed by atoms with E-state index < -0.39 is 10.5 Å². The van der Waals surface area contributed by atoms with E-state index in [0.29, 0.717) is 0 Å². The molecule has 0 bridgehead atoms. The highest BCUT2D eigenvalue weighted by molar-refractivity contribution is 8.27. The first-order valence-electron chi connectivity index (χ1n) is 3.54. The summed E-state index contributed by atoms with van der Waals surface area (Å²) in [4.78, 5) is 2.25. The molecule has 4 heteroatoms. The zero-order valence-corrected chi connectivity index (χ0v) is 7.45. The monoisotopic (exact) mass is 164 g/mol. The molecular formula is C6H16N2OS. The van der Waals surface area contributed by atoms with Gasteiger partial charge in [-0.15, -0.1) is 0 Å². The largest absolute Gasteiger partial charge is 0.338 e. The molecule has 1 saturated heterocycles. The van der Waals surface area contributed by atoms with E-state index in [1.54, 1.807) is 0 Å². The van der Waals surface area contributed by atoms with Crippen LogP contribution in [0.25, 0.3) is 0 Å². The van der Waals surface area contributed by atoms with E-state index in [9.17, 15) is 4.55 Å². The van der Waals surface area contributed by atoms with Gasteiger partial charge in [0, 0.05) is 24.6 Å². The molecule has 2 N–H and O–H groups in total. The number of nitrogens with zero attached hydrogens (tertiary/aromatic N) is 1. The Morgan fingerprint density at radius 3 is 2.30 bits per heavy atom. The van der Waals surface area contributed by atoms with Crippen LogP contribution in [-0.4, -0.2) is 48.1 Å². The van der Waals surface area contributed by atoms with Gasteiger partial charge in [-0.2, -0.15) is 0 Å². The Hall–Kier alpha value is 0.230. The van der Waals surface area contributed by atoms with Crippen LogP contribution in [0, 0.1) is 0 Å². The molecule has 1 aliphatic rings. The first kappa shape index (κ1) is 8.33. The van der Waals surface area contributed by atoms with E-state index in [2.05, 4.69) is 16.7 Å². The highest BCUT2D eigenvalue weighted by atomic mass is 32.3. The van der Waals surface area contributed by atoms with Crippen molar-refractivity contribution in [2.75, 3.05) is 38.7 Å². The molecule has 1 fully saturated rings. The summed E-state index contributed by atoms with van der Waals surface area (Å²) in [6, 6.07) is 0. The SMILES string of the molecule is CNS1(O)CCN(C)CC1. The quantitative estimate of drug-likeness (QED) is 0.587. The summed E-state index contributed by atoms with van der Waals surface area (Å²) in [7, 11) is 2.54. The van der Waals surface area contributed by atoms with Gasteiger partial charge < -0.3 is 9.45 Å². The lowest BCUT2D eigenvalue weighted by Crippen LogP contribution is -2.39. The van der Waals surface area contributed by atoms with Gasteiger partial charge >= 0.3 is 0 Å². The van der Waals surface area contributed by atoms with E-state index in [4.69, 9.17) is 0 Å². The van der Waals surface area contributed by atoms with Gasteiger partial charge in [-0.1, -0.05) is 10.5 Å². The third kappa shape index (κ3) is 1.85. The van der Waals surface area contributed by atoms with Gasteiger partial charge in [-0.3, -0.25) is 4.72 Å². The summed E-state index contributed by atoms with van der Waals surface area (Å²) in [5.74, 6) is 1.83. The topological polar surface area (TPSA) is 35.5 Å². The van der Waals surface area contributed by atoms with Crippen LogP contribution in [-0.2, 0) is 0 Å². The average Bonchev–Trinajstić information content (AvgIpc) is 1.96. The van der Waals surface area contributed by atoms with Gasteiger partial charge in [0.15, 0.2) is 0 Å². The molecule has 0 radical (unpaired) electrons. The predicted octanol–water partition coefficient (Wildman–Crippen LogP) is 0.344. The number of rotatable bonds is 1. The van der Waals surface area contributed by atoms with Crippen LogP contribution in [0.4, 0.5) is 0 Å². The maximum atomic E-state index is 9.74. The van der Waals surface area contributed by atoms with E-state index in [1.807, 2.05) is 7.05 Å². The van der Waals surface area contributed by atoms with Crippen molar-refractivity contribution in [1.29, 1.82) is 0 Å². The summed E-state index contributed by atoms with van der Waals surface area (Å²) in [5.41, 5.74) is 0. The van der Waals surface area contributed by atoms with Crippen molar-refractivity contribution in [3.05, 3.63) is 0 Å². The Labute approximate surface area is 64.1 Å². The maximum absolute atomic E-state index is 9.74. The van der Waals surface area contributed by atoms with E-state index in [1.165, 1.54) is 0 Å². The number of nitrogens with one attached hydrogen (secondary N) is 1. The van der Waals surface area contributed by atoms with Crippen LogP contribution >= 0.6 is 10.5 Å². The van der Waals surface area contributed by atoms with Crippen molar-refractivity contribution in [3.63, 3.8) is 0 Å². The highest BCUT2D eigenvalue weighted by Crippen LogP contribution is 2.39. The van der Waals surface area contributed by atoms with E-state index in [-0.39, 0.29) is 0 Å². The molecule has 0 aliphatic carbocycles. The van der Waals surface area contributed by atoms with Gasteiger partial charge in [0.25, 0.3) is 0 Å². The minimum absolute atomic E-state index is 0.917. The molecule has 0 aromatic rings. The first-order valence-corrected chi connectivity index (χ1v) is 5.47. The van der Waals surface area contributed by atoms with Crippen molar-refractivity contribution in [2.45, 2.75) is 0 Å². The van der Waals surface area contributed by atoms with Crippen LogP contribution in [0.3, 0.4) is 0 Å². The van der Waals surface area contributed by atoms with Crippen molar-refractivity contribution >= 4 is 10.5 Å². The summed E-state index contributed by atoms with van der Waals surface area (Å²) >= 11 is 0. The second-order valence-electron chi connectivity index (χ2n) is 2.76. The normalized spacial score (nSPS) is 29.9. The minimum Gasteiger partial charge on any atom is -0.338 e. The molecule has 62 valence electrons. The van der Waals surface area contributed by atoms with Gasteiger partial charge in [0.2, 0.25) is 0 Å². The van der Waals surface area contributed by atoms with Crippen molar-refractivity contribution in [3.8, 4) is 0 Å². The maximum Gasteiger partial charge on any atom is 0.0241 e. The Morgan fingerprint density at radius 2 is 1.90 bits per heavy atom. The van der Waals surface area contributed by atoms with Crippen LogP contribution in [0.2, 0.25) is 0 Å². The van der Waals surface area contributed by atoms with E-state index in [0.717, 1.165) is 24.6 Å². The van der Waals surface area contributed by atoms with Crippen molar-refractivity contribution in [1.82, 2.24) is 9.62 Å². The Morgan fingerprint density at radius 1 is 1.40 bits per heavy atom. The second-order valence-corrected chi connectivity index (χ2v) is 5.67. The van der Waals surface area contributed by atoms with Crippen molar-refractivity contribution < 1.29 is 4.55 Å². The van der Waals surface area contributed by atoms with Crippen molar-refractivity contribution in [2.24, 2.45) is 0 Å². The molecule has 3 nitrogen and oxygen atoms in total. The fourth-order valence-corrected chi connectivity index (χ4v) is 2.87. The molecule has 0 saturated carbocycles. The molecule has 0 aromatic carbocycles. The molecule has 0 atom stereocenters. The minimum atomic E-state index is -1.40. The molecule has 1 aliphatic heterocycles. The molecule has 0 amide bonds. The lowest BCUT2D eigenvalue weighted by atomic mass is 10.6. The zero-order chi connectivity index (χ0) is 7.61. The highest BCUT2D eigenvalue weighted by Gasteiger charge is 2.23. The fraction of sp³-hybridized carbons (Fsp3) is 1.00. The number of hydrogen-bond acceptors (Lipinski definition) is 3. The fourth-order valence-electron chi connectivity index (χ4n) is 1.03. The second kappa shape index (κ2) is 3.09. The van der Waals surface area contributed by atoms with E-state index >= 15 is 0 Å². The molecule has 0 aromatic heterocycles. The van der Waals surface area contributed by atoms with Gasteiger partial charge in [0.1, 0.15) is 0 Å². The van der Waals surface area contributed by atoms with Crippen LogP contribution in [0.15, 0.2) is 0 Å².